The van der Waals surface area contributed by atoms with E-state index >= 15 is 0 Å². The third-order valence-electron chi connectivity index (χ3n) is 4.90. The molecule has 5 rings (SSSR count). The van der Waals surface area contributed by atoms with E-state index in [2.05, 4.69) is 30.2 Å². The molecule has 0 fully saturated rings. The number of hydrogen-bond donors (Lipinski definition) is 2. The number of pyridine rings is 2. The number of nitrogens with one attached hydrogen (secondary N) is 1. The molecule has 0 bridgehead atoms. The van der Waals surface area contributed by atoms with Gasteiger partial charge in [0.25, 0.3) is 5.89 Å². The van der Waals surface area contributed by atoms with Crippen molar-refractivity contribution in [1.82, 2.24) is 34.9 Å². The zero-order chi connectivity index (χ0) is 20.7. The normalized spacial score (nSPS) is 11.3. The van der Waals surface area contributed by atoms with Crippen LogP contribution in [0.2, 0.25) is 0 Å². The van der Waals surface area contributed by atoms with Gasteiger partial charge in [0.1, 0.15) is 5.65 Å². The largest absolute Gasteiger partial charge is 0.403 e. The minimum atomic E-state index is 0.175. The Hall–Kier alpha value is -4.05. The highest BCUT2D eigenvalue weighted by atomic mass is 16.4. The Morgan fingerprint density at radius 2 is 2.10 bits per heavy atom. The molecule has 0 radical (unpaired) electrons. The second-order valence-corrected chi connectivity index (χ2v) is 6.83. The number of aryl methyl sites for hydroxylation is 2. The second-order valence-electron chi connectivity index (χ2n) is 6.83. The van der Waals surface area contributed by atoms with E-state index in [0.29, 0.717) is 11.9 Å². The number of aromatic nitrogens is 7. The molecule has 5 aromatic rings. The second kappa shape index (κ2) is 7.08. The van der Waals surface area contributed by atoms with Crippen LogP contribution in [0.1, 0.15) is 5.69 Å². The summed E-state index contributed by atoms with van der Waals surface area (Å²) in [5.41, 5.74) is 11.0. The van der Waals surface area contributed by atoms with Gasteiger partial charge in [-0.1, -0.05) is 5.10 Å². The smallest absolute Gasteiger partial charge is 0.324 e. The van der Waals surface area contributed by atoms with E-state index in [0.717, 1.165) is 39.1 Å². The van der Waals surface area contributed by atoms with Gasteiger partial charge in [0, 0.05) is 48.3 Å². The highest BCUT2D eigenvalue weighted by Crippen LogP contribution is 2.33. The summed E-state index contributed by atoms with van der Waals surface area (Å²) in [6.07, 6.45) is 9.08. The lowest BCUT2D eigenvalue weighted by Gasteiger charge is -2.18. The third kappa shape index (κ3) is 2.99. The van der Waals surface area contributed by atoms with Crippen molar-refractivity contribution in [3.8, 4) is 22.6 Å². The van der Waals surface area contributed by atoms with Crippen molar-refractivity contribution in [1.29, 1.82) is 0 Å². The fourth-order valence-corrected chi connectivity index (χ4v) is 3.38. The van der Waals surface area contributed by atoms with Gasteiger partial charge in [0.2, 0.25) is 0 Å². The van der Waals surface area contributed by atoms with E-state index in [4.69, 9.17) is 10.2 Å². The van der Waals surface area contributed by atoms with Crippen LogP contribution in [0.4, 0.5) is 11.7 Å². The van der Waals surface area contributed by atoms with Gasteiger partial charge in [0.15, 0.2) is 0 Å². The number of H-pyrrole nitrogens is 1. The van der Waals surface area contributed by atoms with Crippen molar-refractivity contribution >= 4 is 22.7 Å². The zero-order valence-corrected chi connectivity index (χ0v) is 16.4. The van der Waals surface area contributed by atoms with Crippen LogP contribution in [-0.4, -0.2) is 41.6 Å². The molecule has 5 heterocycles. The predicted octanol–water partition coefficient (Wildman–Crippen LogP) is 2.77. The van der Waals surface area contributed by atoms with E-state index in [1.807, 2.05) is 44.6 Å². The summed E-state index contributed by atoms with van der Waals surface area (Å²) in [6, 6.07) is 6.08. The average Bonchev–Trinajstić information content (AvgIpc) is 3.49. The molecular weight excluding hydrogens is 382 g/mol. The van der Waals surface area contributed by atoms with Gasteiger partial charge in [-0.05, 0) is 25.1 Å². The standard InChI is InChI=1S/C20H19N9O/c1-12-17(4-3-5-22-12)29(11-21)20-27-26-19(30-20)16-9-24-18-15(16)6-13(7-23-18)14-8-25-28(2)10-14/h3-10H,11,21H2,1-2H3,(H,23,24). The lowest BCUT2D eigenvalue weighted by atomic mass is 10.1. The Labute approximate surface area is 171 Å². The predicted molar refractivity (Wildman–Crippen MR) is 112 cm³/mol. The number of hydrogen-bond acceptors (Lipinski definition) is 8. The van der Waals surface area contributed by atoms with E-state index in [1.165, 1.54) is 0 Å². The first-order chi connectivity index (χ1) is 14.6. The van der Waals surface area contributed by atoms with E-state index in [9.17, 15) is 0 Å². The van der Waals surface area contributed by atoms with Crippen LogP contribution >= 0.6 is 0 Å². The van der Waals surface area contributed by atoms with Crippen molar-refractivity contribution in [3.05, 3.63) is 54.9 Å². The van der Waals surface area contributed by atoms with Crippen molar-refractivity contribution < 1.29 is 4.42 Å². The van der Waals surface area contributed by atoms with Crippen LogP contribution in [-0.2, 0) is 7.05 Å². The van der Waals surface area contributed by atoms with Crippen LogP contribution in [0.25, 0.3) is 33.6 Å². The van der Waals surface area contributed by atoms with Crippen molar-refractivity contribution in [2.75, 3.05) is 11.6 Å². The molecular formula is C20H19N9O. The van der Waals surface area contributed by atoms with Crippen LogP contribution in [0, 0.1) is 6.92 Å². The molecule has 0 atom stereocenters. The quantitative estimate of drug-likeness (QED) is 0.430. The molecule has 0 aliphatic heterocycles. The van der Waals surface area contributed by atoms with Crippen LogP contribution in [0.5, 0.6) is 0 Å². The molecule has 0 unspecified atom stereocenters. The summed E-state index contributed by atoms with van der Waals surface area (Å²) in [5.74, 6) is 0.376. The van der Waals surface area contributed by atoms with Gasteiger partial charge >= 0.3 is 6.01 Å². The summed E-state index contributed by atoms with van der Waals surface area (Å²) in [4.78, 5) is 13.7. The number of fused-ring (bicyclic) bond motifs is 1. The van der Waals surface area contributed by atoms with Gasteiger partial charge in [-0.15, -0.1) is 5.10 Å². The molecule has 0 aliphatic carbocycles. The zero-order valence-electron chi connectivity index (χ0n) is 16.4. The molecule has 0 aliphatic rings. The fraction of sp³-hybridized carbons (Fsp3) is 0.150. The maximum atomic E-state index is 5.98. The average molecular weight is 401 g/mol. The Morgan fingerprint density at radius 3 is 2.87 bits per heavy atom. The fourth-order valence-electron chi connectivity index (χ4n) is 3.38. The molecule has 10 heteroatoms. The molecule has 0 aromatic carbocycles. The highest BCUT2D eigenvalue weighted by molar-refractivity contribution is 5.93. The summed E-state index contributed by atoms with van der Waals surface area (Å²) < 4.78 is 7.73. The molecule has 0 saturated carbocycles. The van der Waals surface area contributed by atoms with Gasteiger partial charge < -0.3 is 15.1 Å². The summed E-state index contributed by atoms with van der Waals surface area (Å²) >= 11 is 0. The maximum Gasteiger partial charge on any atom is 0.324 e. The van der Waals surface area contributed by atoms with E-state index in [-0.39, 0.29) is 6.67 Å². The molecule has 0 saturated heterocycles. The lowest BCUT2D eigenvalue weighted by Crippen LogP contribution is -2.26. The molecule has 30 heavy (non-hydrogen) atoms. The van der Waals surface area contributed by atoms with Gasteiger partial charge in [-0.2, -0.15) is 5.10 Å². The molecule has 150 valence electrons. The van der Waals surface area contributed by atoms with Gasteiger partial charge in [0.05, 0.1) is 29.8 Å². The molecule has 0 spiro atoms. The first kappa shape index (κ1) is 18.0. The monoisotopic (exact) mass is 401 g/mol. The SMILES string of the molecule is Cc1ncccc1N(CN)c1nnc(-c2c[nH]c3ncc(-c4cnn(C)c4)cc23)o1. The maximum absolute atomic E-state index is 5.98. The Morgan fingerprint density at radius 1 is 1.20 bits per heavy atom. The number of nitrogens with two attached hydrogens (primary N) is 1. The first-order valence-corrected chi connectivity index (χ1v) is 9.33. The minimum absolute atomic E-state index is 0.175. The molecule has 5 aromatic heterocycles. The Balaban J connectivity index is 1.55. The van der Waals surface area contributed by atoms with Gasteiger partial charge in [-0.25, -0.2) is 4.98 Å². The highest BCUT2D eigenvalue weighted by Gasteiger charge is 2.20. The van der Waals surface area contributed by atoms with Crippen LogP contribution in [0.3, 0.4) is 0 Å². The first-order valence-electron chi connectivity index (χ1n) is 9.33. The van der Waals surface area contributed by atoms with Gasteiger partial charge in [-0.3, -0.25) is 14.6 Å². The van der Waals surface area contributed by atoms with Crippen molar-refractivity contribution in [3.63, 3.8) is 0 Å². The number of rotatable bonds is 5. The Kier molecular flexibility index (Phi) is 4.25. The Bertz CT molecular complexity index is 1330. The molecule has 10 nitrogen and oxygen atoms in total. The summed E-state index contributed by atoms with van der Waals surface area (Å²) in [6.45, 7) is 2.08. The van der Waals surface area contributed by atoms with Crippen molar-refractivity contribution in [2.24, 2.45) is 12.8 Å². The molecule has 3 N–H and O–H groups in total. The third-order valence-corrected chi connectivity index (χ3v) is 4.90. The summed E-state index contributed by atoms with van der Waals surface area (Å²) in [7, 11) is 1.88. The number of anilines is 2. The number of aromatic amines is 1. The van der Waals surface area contributed by atoms with E-state index < -0.39 is 0 Å². The minimum Gasteiger partial charge on any atom is -0.403 e. The van der Waals surface area contributed by atoms with Crippen LogP contribution in [0.15, 0.2) is 53.6 Å². The lowest BCUT2D eigenvalue weighted by molar-refractivity contribution is 0.564. The van der Waals surface area contributed by atoms with Crippen molar-refractivity contribution in [2.45, 2.75) is 6.92 Å². The number of nitrogens with zero attached hydrogens (tertiary/aromatic N) is 7. The van der Waals surface area contributed by atoms with Crippen LogP contribution < -0.4 is 10.6 Å². The molecule has 0 amide bonds. The summed E-state index contributed by atoms with van der Waals surface area (Å²) in [5, 5.41) is 13.6. The topological polar surface area (TPSA) is 128 Å². The van der Waals surface area contributed by atoms with E-state index in [1.54, 1.807) is 28.2 Å².